The first-order valence-electron chi connectivity index (χ1n) is 13.0. The SMILES string of the molecule is C=CC(=O)N1CCN(/C(=N/C)c2cc(Cl)c(N(C)C(C)C)nc2N(C=O)c2ccccc2C(C)C)C(C)C1. The van der Waals surface area contributed by atoms with Gasteiger partial charge in [-0.1, -0.05) is 50.2 Å². The van der Waals surface area contributed by atoms with E-state index in [-0.39, 0.29) is 23.9 Å². The zero-order chi connectivity index (χ0) is 28.1. The van der Waals surface area contributed by atoms with Crippen LogP contribution in [0.1, 0.15) is 51.7 Å². The van der Waals surface area contributed by atoms with Crippen LogP contribution in [0.4, 0.5) is 17.3 Å². The maximum absolute atomic E-state index is 12.8. The van der Waals surface area contributed by atoms with Crippen LogP contribution in [0.15, 0.2) is 48.0 Å². The minimum absolute atomic E-state index is 0.0244. The molecule has 3 rings (SSSR count). The molecule has 1 aromatic carbocycles. The standard InChI is InChI=1S/C29H39ClN6O2/c1-9-26(38)34-14-15-35(21(6)17-34)27(31-7)23-16-24(30)29(33(8)20(4)5)32-28(23)36(18-37)25-13-11-10-12-22(25)19(2)3/h9-13,16,18-21H,1,14-15,17H2,2-8H3/b31-27+. The Morgan fingerprint density at radius 2 is 1.89 bits per heavy atom. The molecule has 0 aliphatic carbocycles. The van der Waals surface area contributed by atoms with Gasteiger partial charge in [-0.3, -0.25) is 19.5 Å². The van der Waals surface area contributed by atoms with Gasteiger partial charge in [0.2, 0.25) is 12.3 Å². The van der Waals surface area contributed by atoms with Crippen molar-refractivity contribution < 1.29 is 9.59 Å². The third-order valence-corrected chi connectivity index (χ3v) is 7.31. The van der Waals surface area contributed by atoms with E-state index in [0.717, 1.165) is 17.7 Å². The van der Waals surface area contributed by atoms with Crippen molar-refractivity contribution in [2.75, 3.05) is 43.5 Å². The molecule has 1 aliphatic rings. The molecule has 2 aromatic rings. The molecule has 1 fully saturated rings. The topological polar surface area (TPSA) is 72.4 Å². The van der Waals surface area contributed by atoms with E-state index in [2.05, 4.69) is 51.1 Å². The summed E-state index contributed by atoms with van der Waals surface area (Å²) in [4.78, 5) is 42.2. The number of hydrogen-bond acceptors (Lipinski definition) is 5. The van der Waals surface area contributed by atoms with Crippen molar-refractivity contribution in [1.82, 2.24) is 14.8 Å². The Hall–Kier alpha value is -3.39. The number of amidine groups is 1. The largest absolute Gasteiger partial charge is 0.356 e. The summed E-state index contributed by atoms with van der Waals surface area (Å²) in [6.07, 6.45) is 2.15. The number of halogens is 1. The first-order valence-corrected chi connectivity index (χ1v) is 13.3. The first kappa shape index (κ1) is 29.2. The smallest absolute Gasteiger partial charge is 0.246 e. The van der Waals surface area contributed by atoms with E-state index in [1.807, 2.05) is 42.3 Å². The van der Waals surface area contributed by atoms with Gasteiger partial charge in [-0.2, -0.15) is 0 Å². The summed E-state index contributed by atoms with van der Waals surface area (Å²) in [6, 6.07) is 9.82. The summed E-state index contributed by atoms with van der Waals surface area (Å²) in [5.41, 5.74) is 2.44. The summed E-state index contributed by atoms with van der Waals surface area (Å²) in [7, 11) is 3.66. The lowest BCUT2D eigenvalue weighted by molar-refractivity contribution is -0.128. The van der Waals surface area contributed by atoms with Crippen LogP contribution in [-0.4, -0.2) is 78.7 Å². The van der Waals surface area contributed by atoms with Gasteiger partial charge in [0.25, 0.3) is 0 Å². The lowest BCUT2D eigenvalue weighted by Crippen LogP contribution is -2.55. The quantitative estimate of drug-likeness (QED) is 0.202. The summed E-state index contributed by atoms with van der Waals surface area (Å²) in [6.45, 7) is 15.6. The summed E-state index contributed by atoms with van der Waals surface area (Å²) >= 11 is 6.83. The Labute approximate surface area is 231 Å². The van der Waals surface area contributed by atoms with Crippen LogP contribution in [0.25, 0.3) is 0 Å². The van der Waals surface area contributed by atoms with Gasteiger partial charge >= 0.3 is 0 Å². The van der Waals surface area contributed by atoms with Crippen LogP contribution < -0.4 is 9.80 Å². The van der Waals surface area contributed by atoms with Gasteiger partial charge in [0.15, 0.2) is 5.82 Å². The summed E-state index contributed by atoms with van der Waals surface area (Å²) in [5, 5.41) is 0.470. The number of pyridine rings is 1. The van der Waals surface area contributed by atoms with Crippen molar-refractivity contribution in [3.05, 3.63) is 59.1 Å². The monoisotopic (exact) mass is 538 g/mol. The zero-order valence-electron chi connectivity index (χ0n) is 23.5. The number of anilines is 3. The van der Waals surface area contributed by atoms with E-state index >= 15 is 0 Å². The highest BCUT2D eigenvalue weighted by molar-refractivity contribution is 6.33. The van der Waals surface area contributed by atoms with Crippen molar-refractivity contribution in [2.24, 2.45) is 4.99 Å². The molecule has 2 amide bonds. The highest BCUT2D eigenvalue weighted by Crippen LogP contribution is 2.37. The van der Waals surface area contributed by atoms with Crippen molar-refractivity contribution in [2.45, 2.75) is 52.6 Å². The van der Waals surface area contributed by atoms with Crippen LogP contribution in [0.2, 0.25) is 5.02 Å². The number of benzene rings is 1. The third-order valence-electron chi connectivity index (χ3n) is 7.04. The number of aromatic nitrogens is 1. The van der Waals surface area contributed by atoms with Gasteiger partial charge in [0.1, 0.15) is 11.7 Å². The highest BCUT2D eigenvalue weighted by Gasteiger charge is 2.32. The molecule has 9 heteroatoms. The van der Waals surface area contributed by atoms with Gasteiger partial charge in [0, 0.05) is 45.8 Å². The number of piperazine rings is 1. The van der Waals surface area contributed by atoms with Crippen molar-refractivity contribution in [3.8, 4) is 0 Å². The molecule has 38 heavy (non-hydrogen) atoms. The van der Waals surface area contributed by atoms with Gasteiger partial charge < -0.3 is 14.7 Å². The third kappa shape index (κ3) is 5.85. The number of para-hydroxylation sites is 1. The first-order chi connectivity index (χ1) is 18.0. The normalized spacial score (nSPS) is 16.2. The number of rotatable bonds is 8. The Morgan fingerprint density at radius 1 is 1.21 bits per heavy atom. The average Bonchev–Trinajstić information content (AvgIpc) is 2.90. The molecular weight excluding hydrogens is 500 g/mol. The predicted molar refractivity (Wildman–Crippen MR) is 157 cm³/mol. The van der Waals surface area contributed by atoms with E-state index in [9.17, 15) is 9.59 Å². The molecular formula is C29H39ClN6O2. The molecule has 2 heterocycles. The van der Waals surface area contributed by atoms with Crippen LogP contribution in [0.5, 0.6) is 0 Å². The molecule has 0 bridgehead atoms. The van der Waals surface area contributed by atoms with Gasteiger partial charge in [-0.25, -0.2) is 4.98 Å². The second-order valence-electron chi connectivity index (χ2n) is 10.1. The molecule has 1 unspecified atom stereocenters. The van der Waals surface area contributed by atoms with E-state index in [1.54, 1.807) is 16.8 Å². The van der Waals surface area contributed by atoms with Gasteiger partial charge in [-0.05, 0) is 50.5 Å². The number of hydrogen-bond donors (Lipinski definition) is 0. The molecule has 8 nitrogen and oxygen atoms in total. The predicted octanol–water partition coefficient (Wildman–Crippen LogP) is 5.09. The lowest BCUT2D eigenvalue weighted by Gasteiger charge is -2.41. The van der Waals surface area contributed by atoms with E-state index in [1.165, 1.54) is 6.08 Å². The Kier molecular flexibility index (Phi) is 9.55. The number of aliphatic imine (C=N–C) groups is 1. The van der Waals surface area contributed by atoms with E-state index < -0.39 is 0 Å². The van der Waals surface area contributed by atoms with Gasteiger partial charge in [0.05, 0.1) is 16.3 Å². The van der Waals surface area contributed by atoms with E-state index in [4.69, 9.17) is 16.6 Å². The fraction of sp³-hybridized carbons (Fsp3) is 0.448. The summed E-state index contributed by atoms with van der Waals surface area (Å²) < 4.78 is 0. The number of amides is 2. The second-order valence-corrected chi connectivity index (χ2v) is 10.5. The molecule has 1 saturated heterocycles. The van der Waals surface area contributed by atoms with Crippen molar-refractivity contribution >= 4 is 47.1 Å². The fourth-order valence-corrected chi connectivity index (χ4v) is 5.02. The molecule has 204 valence electrons. The average molecular weight is 539 g/mol. The zero-order valence-corrected chi connectivity index (χ0v) is 24.2. The number of nitrogens with zero attached hydrogens (tertiary/aromatic N) is 6. The number of carbonyl (C=O) groups excluding carboxylic acids is 2. The minimum atomic E-state index is -0.0876. The van der Waals surface area contributed by atoms with Crippen molar-refractivity contribution in [1.29, 1.82) is 0 Å². The van der Waals surface area contributed by atoms with Crippen molar-refractivity contribution in [3.63, 3.8) is 0 Å². The summed E-state index contributed by atoms with van der Waals surface area (Å²) in [5.74, 6) is 1.81. The maximum Gasteiger partial charge on any atom is 0.246 e. The fourth-order valence-electron chi connectivity index (χ4n) is 4.73. The second kappa shape index (κ2) is 12.4. The molecule has 0 spiro atoms. The number of carbonyl (C=O) groups is 2. The minimum Gasteiger partial charge on any atom is -0.356 e. The van der Waals surface area contributed by atoms with Gasteiger partial charge in [-0.15, -0.1) is 0 Å². The molecule has 1 aliphatic heterocycles. The molecule has 1 atom stereocenters. The lowest BCUT2D eigenvalue weighted by atomic mass is 10.00. The van der Waals surface area contributed by atoms with Crippen LogP contribution in [-0.2, 0) is 9.59 Å². The highest BCUT2D eigenvalue weighted by atomic mass is 35.5. The maximum atomic E-state index is 12.8. The molecule has 0 N–H and O–H groups in total. The van der Waals surface area contributed by atoms with Crippen LogP contribution in [0, 0.1) is 0 Å². The molecule has 0 radical (unpaired) electrons. The van der Waals surface area contributed by atoms with Crippen LogP contribution in [0.3, 0.4) is 0 Å². The molecule has 0 saturated carbocycles. The Bertz CT molecular complexity index is 1210. The van der Waals surface area contributed by atoms with E-state index in [0.29, 0.717) is 47.7 Å². The Morgan fingerprint density at radius 3 is 2.45 bits per heavy atom. The Balaban J connectivity index is 2.21. The van der Waals surface area contributed by atoms with Crippen LogP contribution >= 0.6 is 11.6 Å². The molecule has 1 aromatic heterocycles.